The summed E-state index contributed by atoms with van der Waals surface area (Å²) in [5, 5.41) is 11.1. The zero-order chi connectivity index (χ0) is 18.3. The van der Waals surface area contributed by atoms with Gasteiger partial charge in [-0.15, -0.1) is 11.3 Å². The lowest BCUT2D eigenvalue weighted by Crippen LogP contribution is -2.32. The summed E-state index contributed by atoms with van der Waals surface area (Å²) in [7, 11) is 0. The molecule has 0 amide bonds. The van der Waals surface area contributed by atoms with Crippen LogP contribution < -0.4 is 10.3 Å². The molecule has 1 N–H and O–H groups in total. The van der Waals surface area contributed by atoms with Crippen molar-refractivity contribution in [2.24, 2.45) is 0 Å². The number of hydrogen-bond donors (Lipinski definition) is 1. The first-order chi connectivity index (χ1) is 12.5. The van der Waals surface area contributed by atoms with Crippen molar-refractivity contribution in [1.82, 2.24) is 9.55 Å². The summed E-state index contributed by atoms with van der Waals surface area (Å²) in [6.45, 7) is 4.15. The maximum atomic E-state index is 13.0. The van der Waals surface area contributed by atoms with Gasteiger partial charge in [0.1, 0.15) is 29.1 Å². The highest BCUT2D eigenvalue weighted by Gasteiger charge is 2.23. The lowest BCUT2D eigenvalue weighted by molar-refractivity contribution is 0.0909. The van der Waals surface area contributed by atoms with E-state index in [2.05, 4.69) is 4.98 Å². The summed E-state index contributed by atoms with van der Waals surface area (Å²) in [6.07, 6.45) is 2.33. The molecule has 4 rings (SSSR count). The molecular weight excluding hydrogens is 348 g/mol. The number of thiophene rings is 1. The average Bonchev–Trinajstić information content (AvgIpc) is 3.18. The monoisotopic (exact) mass is 370 g/mol. The van der Waals surface area contributed by atoms with Crippen molar-refractivity contribution in [3.8, 4) is 5.75 Å². The van der Waals surface area contributed by atoms with Crippen LogP contribution in [0.25, 0.3) is 10.2 Å². The fraction of sp³-hybridized carbons (Fsp3) is 0.400. The van der Waals surface area contributed by atoms with Gasteiger partial charge < -0.3 is 9.84 Å². The van der Waals surface area contributed by atoms with Crippen LogP contribution in [0.4, 0.5) is 0 Å². The Labute approximate surface area is 155 Å². The molecule has 0 aliphatic heterocycles. The van der Waals surface area contributed by atoms with Gasteiger partial charge in [0.25, 0.3) is 5.56 Å². The third-order valence-corrected chi connectivity index (χ3v) is 6.06. The van der Waals surface area contributed by atoms with Gasteiger partial charge in [-0.3, -0.25) is 9.36 Å². The Morgan fingerprint density at radius 3 is 2.81 bits per heavy atom. The van der Waals surface area contributed by atoms with Crippen molar-refractivity contribution in [1.29, 1.82) is 0 Å². The Balaban J connectivity index is 1.54. The van der Waals surface area contributed by atoms with Crippen LogP contribution in [0.3, 0.4) is 0 Å². The van der Waals surface area contributed by atoms with Gasteiger partial charge in [-0.25, -0.2) is 4.98 Å². The lowest BCUT2D eigenvalue weighted by Gasteiger charge is -2.16. The first kappa shape index (κ1) is 17.2. The molecule has 2 heterocycles. The molecule has 0 spiro atoms. The number of ether oxygens (including phenoxy) is 1. The smallest absolute Gasteiger partial charge is 0.262 e. The minimum Gasteiger partial charge on any atom is -0.491 e. The fourth-order valence-corrected chi connectivity index (χ4v) is 4.78. The molecule has 0 unspecified atom stereocenters. The number of aryl methyl sites for hydroxylation is 4. The Morgan fingerprint density at radius 1 is 1.27 bits per heavy atom. The molecule has 1 aliphatic rings. The molecule has 1 aliphatic carbocycles. The highest BCUT2D eigenvalue weighted by molar-refractivity contribution is 7.18. The molecule has 3 aromatic rings. The fourth-order valence-electron chi connectivity index (χ4n) is 3.48. The third kappa shape index (κ3) is 3.15. The zero-order valence-electron chi connectivity index (χ0n) is 15.0. The highest BCUT2D eigenvalue weighted by atomic mass is 32.1. The minimum absolute atomic E-state index is 0.0405. The van der Waals surface area contributed by atoms with Crippen LogP contribution in [0.2, 0.25) is 0 Å². The zero-order valence-corrected chi connectivity index (χ0v) is 15.8. The van der Waals surface area contributed by atoms with E-state index in [-0.39, 0.29) is 18.7 Å². The van der Waals surface area contributed by atoms with Crippen LogP contribution in [0.5, 0.6) is 5.75 Å². The summed E-state index contributed by atoms with van der Waals surface area (Å²) in [6, 6.07) is 7.68. The van der Waals surface area contributed by atoms with Gasteiger partial charge in [0.05, 0.1) is 11.9 Å². The Kier molecular flexibility index (Phi) is 4.54. The second kappa shape index (κ2) is 6.85. The molecule has 6 heteroatoms. The van der Waals surface area contributed by atoms with Crippen LogP contribution in [-0.4, -0.2) is 27.4 Å². The SMILES string of the molecule is Cc1ccc(OC[C@H](O)Cn2c(C)nc3sc4c(c3c2=O)CCC4)cc1. The van der Waals surface area contributed by atoms with Gasteiger partial charge >= 0.3 is 0 Å². The maximum Gasteiger partial charge on any atom is 0.262 e. The van der Waals surface area contributed by atoms with E-state index in [4.69, 9.17) is 4.74 Å². The first-order valence-electron chi connectivity index (χ1n) is 8.92. The molecule has 1 atom stereocenters. The molecule has 0 saturated carbocycles. The van der Waals surface area contributed by atoms with Crippen LogP contribution in [-0.2, 0) is 19.4 Å². The Bertz CT molecular complexity index is 1000. The lowest BCUT2D eigenvalue weighted by atomic mass is 10.2. The predicted octanol–water partition coefficient (Wildman–Crippen LogP) is 3.00. The van der Waals surface area contributed by atoms with Crippen LogP contribution in [0, 0.1) is 13.8 Å². The maximum absolute atomic E-state index is 13.0. The number of aliphatic hydroxyl groups excluding tert-OH is 1. The van der Waals surface area contributed by atoms with E-state index in [0.29, 0.717) is 11.6 Å². The standard InChI is InChI=1S/C20H22N2O3S/c1-12-6-8-15(9-7-12)25-11-14(23)10-22-13(2)21-19-18(20(22)24)16-4-3-5-17(16)26-19/h6-9,14,23H,3-5,10-11H2,1-2H3/t14-/m1/s1. The van der Waals surface area contributed by atoms with Crippen LogP contribution in [0.1, 0.15) is 28.2 Å². The molecule has 5 nitrogen and oxygen atoms in total. The highest BCUT2D eigenvalue weighted by Crippen LogP contribution is 2.34. The second-order valence-electron chi connectivity index (χ2n) is 6.89. The van der Waals surface area contributed by atoms with E-state index in [1.807, 2.05) is 38.1 Å². The van der Waals surface area contributed by atoms with Crippen molar-refractivity contribution >= 4 is 21.6 Å². The van der Waals surface area contributed by atoms with E-state index < -0.39 is 6.10 Å². The molecule has 0 fully saturated rings. The Hall–Kier alpha value is -2.18. The van der Waals surface area contributed by atoms with Gasteiger partial charge in [-0.2, -0.15) is 0 Å². The summed E-state index contributed by atoms with van der Waals surface area (Å²) >= 11 is 1.64. The molecule has 0 radical (unpaired) electrons. The summed E-state index contributed by atoms with van der Waals surface area (Å²) in [5.41, 5.74) is 2.28. The van der Waals surface area contributed by atoms with Crippen molar-refractivity contribution in [2.75, 3.05) is 6.61 Å². The number of benzene rings is 1. The second-order valence-corrected chi connectivity index (χ2v) is 7.97. The Morgan fingerprint density at radius 2 is 2.04 bits per heavy atom. The van der Waals surface area contributed by atoms with E-state index in [1.54, 1.807) is 15.9 Å². The van der Waals surface area contributed by atoms with E-state index in [9.17, 15) is 9.90 Å². The van der Waals surface area contributed by atoms with Crippen molar-refractivity contribution < 1.29 is 9.84 Å². The molecule has 1 aromatic carbocycles. The third-order valence-electron chi connectivity index (χ3n) is 4.87. The topological polar surface area (TPSA) is 64.3 Å². The van der Waals surface area contributed by atoms with Gasteiger partial charge in [0.15, 0.2) is 0 Å². The summed E-state index contributed by atoms with van der Waals surface area (Å²) in [5.74, 6) is 1.35. The molecule has 136 valence electrons. The molecular formula is C20H22N2O3S. The largest absolute Gasteiger partial charge is 0.491 e. The molecule has 0 bridgehead atoms. The summed E-state index contributed by atoms with van der Waals surface area (Å²) in [4.78, 5) is 19.7. The molecule has 26 heavy (non-hydrogen) atoms. The van der Waals surface area contributed by atoms with Gasteiger partial charge in [-0.1, -0.05) is 17.7 Å². The van der Waals surface area contributed by atoms with Gasteiger partial charge in [0.2, 0.25) is 0 Å². The van der Waals surface area contributed by atoms with Crippen LogP contribution >= 0.6 is 11.3 Å². The quantitative estimate of drug-likeness (QED) is 0.750. The normalized spacial score (nSPS) is 14.6. The first-order valence-corrected chi connectivity index (χ1v) is 9.74. The van der Waals surface area contributed by atoms with E-state index in [1.165, 1.54) is 10.4 Å². The average molecular weight is 370 g/mol. The van der Waals surface area contributed by atoms with Crippen molar-refractivity contribution in [3.05, 3.63) is 56.4 Å². The number of rotatable bonds is 5. The van der Waals surface area contributed by atoms with E-state index in [0.717, 1.165) is 35.0 Å². The minimum atomic E-state index is -0.779. The van der Waals surface area contributed by atoms with Crippen LogP contribution in [0.15, 0.2) is 29.1 Å². The number of hydrogen-bond acceptors (Lipinski definition) is 5. The van der Waals surface area contributed by atoms with Crippen molar-refractivity contribution in [3.63, 3.8) is 0 Å². The van der Waals surface area contributed by atoms with Gasteiger partial charge in [-0.05, 0) is 50.8 Å². The molecule has 2 aromatic heterocycles. The molecule has 0 saturated heterocycles. The van der Waals surface area contributed by atoms with Gasteiger partial charge in [0, 0.05) is 4.88 Å². The number of aromatic nitrogens is 2. The number of fused-ring (bicyclic) bond motifs is 3. The number of nitrogens with zero attached hydrogens (tertiary/aromatic N) is 2. The van der Waals surface area contributed by atoms with Crippen molar-refractivity contribution in [2.45, 2.75) is 45.8 Å². The number of aliphatic hydroxyl groups is 1. The van der Waals surface area contributed by atoms with E-state index >= 15 is 0 Å². The summed E-state index contributed by atoms with van der Waals surface area (Å²) < 4.78 is 7.22. The predicted molar refractivity (Wildman–Crippen MR) is 103 cm³/mol.